The van der Waals surface area contributed by atoms with Crippen LogP contribution in [0.4, 0.5) is 0 Å². The van der Waals surface area contributed by atoms with Crippen molar-refractivity contribution in [2.45, 2.75) is 39.9 Å². The van der Waals surface area contributed by atoms with Gasteiger partial charge in [0.25, 0.3) is 0 Å². The molecule has 0 aliphatic rings. The molecule has 0 spiro atoms. The molecule has 0 unspecified atom stereocenters. The molecule has 0 aromatic carbocycles. The van der Waals surface area contributed by atoms with Gasteiger partial charge in [-0.05, 0) is 27.7 Å². The summed E-state index contributed by atoms with van der Waals surface area (Å²) < 4.78 is 16.5. The smallest absolute Gasteiger partial charge is 0.0802 e. The molecule has 0 atom stereocenters. The van der Waals surface area contributed by atoms with Gasteiger partial charge in [0.1, 0.15) is 0 Å². The minimum Gasteiger partial charge on any atom is -0.384 e. The van der Waals surface area contributed by atoms with Gasteiger partial charge in [0.15, 0.2) is 0 Å². The van der Waals surface area contributed by atoms with Crippen molar-refractivity contribution in [1.29, 1.82) is 0 Å². The van der Waals surface area contributed by atoms with E-state index >= 15 is 0 Å². The predicted molar refractivity (Wildman–Crippen MR) is 66.6 cm³/mol. The van der Waals surface area contributed by atoms with Crippen molar-refractivity contribution < 1.29 is 19.0 Å². The Morgan fingerprint density at radius 2 is 1.35 bits per heavy atom. The number of hydrogen-bond acceptors (Lipinski definition) is 5. The van der Waals surface area contributed by atoms with Crippen molar-refractivity contribution in [3.8, 4) is 0 Å². The lowest BCUT2D eigenvalue weighted by atomic mass is 9.92. The van der Waals surface area contributed by atoms with Gasteiger partial charge in [0, 0.05) is 7.11 Å². The molecule has 104 valence electrons. The maximum atomic E-state index is 5.65. The number of rotatable bonds is 10. The Balaban J connectivity index is 4.47. The molecule has 0 radical (unpaired) electrons. The molecule has 0 amide bonds. The highest BCUT2D eigenvalue weighted by molar-refractivity contribution is 4.79. The third-order valence-corrected chi connectivity index (χ3v) is 2.29. The molecule has 0 aromatic heterocycles. The summed E-state index contributed by atoms with van der Waals surface area (Å²) in [5.41, 5.74) is -0.349. The van der Waals surface area contributed by atoms with E-state index in [4.69, 9.17) is 24.9 Å². The van der Waals surface area contributed by atoms with Crippen LogP contribution in [0.25, 0.3) is 0 Å². The van der Waals surface area contributed by atoms with Crippen LogP contribution in [0.5, 0.6) is 0 Å². The van der Waals surface area contributed by atoms with Gasteiger partial charge in [-0.3, -0.25) is 0 Å². The summed E-state index contributed by atoms with van der Waals surface area (Å²) in [6.45, 7) is 9.80. The molecule has 5 heteroatoms. The van der Waals surface area contributed by atoms with E-state index in [1.54, 1.807) is 7.11 Å². The minimum atomic E-state index is -0.349. The van der Waals surface area contributed by atoms with Crippen LogP contribution in [0, 0.1) is 5.41 Å². The van der Waals surface area contributed by atoms with Crippen LogP contribution in [-0.2, 0) is 19.0 Å². The van der Waals surface area contributed by atoms with E-state index < -0.39 is 0 Å². The van der Waals surface area contributed by atoms with Gasteiger partial charge in [0.05, 0.1) is 44.1 Å². The second-order valence-corrected chi connectivity index (χ2v) is 4.96. The molecule has 0 saturated heterocycles. The summed E-state index contributed by atoms with van der Waals surface area (Å²) in [7, 11) is 1.65. The molecule has 0 rings (SSSR count). The van der Waals surface area contributed by atoms with Gasteiger partial charge in [-0.1, -0.05) is 0 Å². The fourth-order valence-corrected chi connectivity index (χ4v) is 1.42. The zero-order valence-corrected chi connectivity index (χ0v) is 11.7. The predicted octanol–water partition coefficient (Wildman–Crippen LogP) is 1.36. The van der Waals surface area contributed by atoms with Gasteiger partial charge in [0.2, 0.25) is 0 Å². The van der Waals surface area contributed by atoms with E-state index in [1.165, 1.54) is 0 Å². The zero-order chi connectivity index (χ0) is 13.3. The number of nitrogens with two attached hydrogens (primary N) is 1. The standard InChI is InChI=1S/C12H27NO4/c1-10(2)15-7-12(6-14-5,9-17-13)8-16-11(3)4/h10-11H,6-9,13H2,1-5H3. The van der Waals surface area contributed by atoms with Crippen LogP contribution in [0.3, 0.4) is 0 Å². The molecule has 0 aliphatic carbocycles. The van der Waals surface area contributed by atoms with E-state index in [2.05, 4.69) is 0 Å². The average molecular weight is 249 g/mol. The van der Waals surface area contributed by atoms with Crippen molar-refractivity contribution in [3.05, 3.63) is 0 Å². The molecule has 17 heavy (non-hydrogen) atoms. The maximum Gasteiger partial charge on any atom is 0.0802 e. The second-order valence-electron chi connectivity index (χ2n) is 4.96. The van der Waals surface area contributed by atoms with Crippen molar-refractivity contribution >= 4 is 0 Å². The highest BCUT2D eigenvalue weighted by Crippen LogP contribution is 2.21. The van der Waals surface area contributed by atoms with E-state index in [9.17, 15) is 0 Å². The Bertz CT molecular complexity index is 165. The molecule has 0 bridgehead atoms. The topological polar surface area (TPSA) is 62.9 Å². The summed E-state index contributed by atoms with van der Waals surface area (Å²) >= 11 is 0. The van der Waals surface area contributed by atoms with Gasteiger partial charge in [-0.15, -0.1) is 0 Å². The van der Waals surface area contributed by atoms with E-state index in [1.807, 2.05) is 27.7 Å². The van der Waals surface area contributed by atoms with E-state index in [-0.39, 0.29) is 17.6 Å². The van der Waals surface area contributed by atoms with Crippen LogP contribution >= 0.6 is 0 Å². The number of hydrogen-bond donors (Lipinski definition) is 1. The highest BCUT2D eigenvalue weighted by Gasteiger charge is 2.32. The van der Waals surface area contributed by atoms with Crippen LogP contribution < -0.4 is 5.90 Å². The van der Waals surface area contributed by atoms with E-state index in [0.717, 1.165) is 0 Å². The van der Waals surface area contributed by atoms with Crippen molar-refractivity contribution in [1.82, 2.24) is 0 Å². The normalized spacial score (nSPS) is 12.7. The Morgan fingerprint density at radius 1 is 0.882 bits per heavy atom. The summed E-state index contributed by atoms with van der Waals surface area (Å²) in [4.78, 5) is 4.78. The molecule has 2 N–H and O–H groups in total. The fourth-order valence-electron chi connectivity index (χ4n) is 1.42. The van der Waals surface area contributed by atoms with Crippen LogP contribution in [0.15, 0.2) is 0 Å². The maximum absolute atomic E-state index is 5.65. The first-order chi connectivity index (χ1) is 7.95. The summed E-state index contributed by atoms with van der Waals surface area (Å²) in [6.07, 6.45) is 0.311. The lowest BCUT2D eigenvalue weighted by Gasteiger charge is -2.33. The summed E-state index contributed by atoms with van der Waals surface area (Å²) in [5.74, 6) is 5.19. The summed E-state index contributed by atoms with van der Waals surface area (Å²) in [5, 5.41) is 0. The van der Waals surface area contributed by atoms with Gasteiger partial charge in [-0.25, -0.2) is 5.90 Å². The molecule has 0 saturated carbocycles. The Morgan fingerprint density at radius 3 is 1.65 bits per heavy atom. The molecule has 0 aromatic rings. The lowest BCUT2D eigenvalue weighted by Crippen LogP contribution is -2.43. The molecule has 0 heterocycles. The Labute approximate surface area is 105 Å². The highest BCUT2D eigenvalue weighted by atomic mass is 16.6. The third kappa shape index (κ3) is 7.68. The van der Waals surface area contributed by atoms with Gasteiger partial charge < -0.3 is 19.0 Å². The Kier molecular flexibility index (Phi) is 8.72. The molecular formula is C12H27NO4. The lowest BCUT2D eigenvalue weighted by molar-refractivity contribution is -0.118. The molecule has 0 aliphatic heterocycles. The third-order valence-electron chi connectivity index (χ3n) is 2.29. The first-order valence-electron chi connectivity index (χ1n) is 5.99. The van der Waals surface area contributed by atoms with Crippen molar-refractivity contribution in [2.24, 2.45) is 11.3 Å². The minimum absolute atomic E-state index is 0.156. The van der Waals surface area contributed by atoms with Crippen LogP contribution in [-0.4, -0.2) is 45.7 Å². The van der Waals surface area contributed by atoms with E-state index in [0.29, 0.717) is 26.4 Å². The molecule has 0 fully saturated rings. The van der Waals surface area contributed by atoms with Crippen molar-refractivity contribution in [2.75, 3.05) is 33.5 Å². The fraction of sp³-hybridized carbons (Fsp3) is 1.00. The molecule has 5 nitrogen and oxygen atoms in total. The number of ether oxygens (including phenoxy) is 3. The number of methoxy groups -OCH3 is 1. The van der Waals surface area contributed by atoms with Crippen molar-refractivity contribution in [3.63, 3.8) is 0 Å². The first kappa shape index (κ1) is 16.8. The average Bonchev–Trinajstić information content (AvgIpc) is 2.24. The zero-order valence-electron chi connectivity index (χ0n) is 11.7. The van der Waals surface area contributed by atoms with Crippen LogP contribution in [0.2, 0.25) is 0 Å². The Hall–Kier alpha value is -0.200. The SMILES string of the molecule is COCC(CON)(COC(C)C)COC(C)C. The second kappa shape index (κ2) is 8.83. The molecular weight excluding hydrogens is 222 g/mol. The van der Waals surface area contributed by atoms with Crippen LogP contribution in [0.1, 0.15) is 27.7 Å². The monoisotopic (exact) mass is 249 g/mol. The largest absolute Gasteiger partial charge is 0.384 e. The first-order valence-corrected chi connectivity index (χ1v) is 5.99. The summed E-state index contributed by atoms with van der Waals surface area (Å²) in [6, 6.07) is 0. The van der Waals surface area contributed by atoms with Gasteiger partial charge in [-0.2, -0.15) is 0 Å². The van der Waals surface area contributed by atoms with Gasteiger partial charge >= 0.3 is 0 Å². The quantitative estimate of drug-likeness (QED) is 0.592.